The fourth-order valence-electron chi connectivity index (χ4n) is 1.97. The Morgan fingerprint density at radius 1 is 1.20 bits per heavy atom. The van der Waals surface area contributed by atoms with Crippen LogP contribution in [0.1, 0.15) is 12.5 Å². The molecule has 0 heterocycles. The zero-order chi connectivity index (χ0) is 18.4. The number of sulfonamides is 1. The highest BCUT2D eigenvalue weighted by atomic mass is 35.5. The number of carbonyl (C=O) groups is 1. The Hall–Kier alpha value is -2.16. The molecule has 0 spiro atoms. The van der Waals surface area contributed by atoms with Crippen LogP contribution in [0.2, 0.25) is 5.02 Å². The van der Waals surface area contributed by atoms with Crippen LogP contribution in [0.4, 0.5) is 4.39 Å². The highest BCUT2D eigenvalue weighted by Crippen LogP contribution is 2.19. The molecule has 0 unspecified atom stereocenters. The summed E-state index contributed by atoms with van der Waals surface area (Å²) >= 11 is 5.83. The lowest BCUT2D eigenvalue weighted by Crippen LogP contribution is -2.42. The molecule has 2 N–H and O–H groups in total. The highest BCUT2D eigenvalue weighted by Gasteiger charge is 2.17. The predicted molar refractivity (Wildman–Crippen MR) is 91.2 cm³/mol. The van der Waals surface area contributed by atoms with Gasteiger partial charge in [-0.15, -0.1) is 4.83 Å². The van der Waals surface area contributed by atoms with E-state index in [1.165, 1.54) is 42.5 Å². The Labute approximate surface area is 150 Å². The van der Waals surface area contributed by atoms with E-state index in [2.05, 4.69) is 0 Å². The molecule has 0 radical (unpaired) electrons. The molecule has 2 aromatic carbocycles. The number of rotatable bonds is 7. The van der Waals surface area contributed by atoms with Gasteiger partial charge in [-0.3, -0.25) is 10.2 Å². The molecule has 0 fully saturated rings. The molecular weight excluding hydrogens is 371 g/mol. The van der Waals surface area contributed by atoms with Crippen molar-refractivity contribution in [1.29, 1.82) is 0 Å². The third-order valence-corrected chi connectivity index (χ3v) is 4.79. The second-order valence-corrected chi connectivity index (χ2v) is 7.02. The lowest BCUT2D eigenvalue weighted by molar-refractivity contribution is -0.120. The molecule has 134 valence electrons. The number of benzene rings is 2. The van der Waals surface area contributed by atoms with Gasteiger partial charge in [0.15, 0.2) is 0 Å². The second kappa shape index (κ2) is 8.28. The van der Waals surface area contributed by atoms with Crippen molar-refractivity contribution in [3.05, 3.63) is 58.9 Å². The Morgan fingerprint density at radius 2 is 1.88 bits per heavy atom. The van der Waals surface area contributed by atoms with Gasteiger partial charge in [0.25, 0.3) is 10.0 Å². The molecule has 0 aliphatic rings. The molecule has 1 amide bonds. The molecule has 2 rings (SSSR count). The summed E-state index contributed by atoms with van der Waals surface area (Å²) in [6.07, 6.45) is -0.405. The minimum absolute atomic E-state index is 0.0121. The van der Waals surface area contributed by atoms with Crippen molar-refractivity contribution in [3.63, 3.8) is 0 Å². The number of hydrogen-bond donors (Lipinski definition) is 2. The van der Waals surface area contributed by atoms with E-state index in [4.69, 9.17) is 16.3 Å². The van der Waals surface area contributed by atoms with Crippen LogP contribution in [-0.4, -0.2) is 20.9 Å². The zero-order valence-corrected chi connectivity index (χ0v) is 14.8. The molecule has 0 aliphatic carbocycles. The van der Waals surface area contributed by atoms with E-state index in [-0.39, 0.29) is 15.5 Å². The third-order valence-electron chi connectivity index (χ3n) is 3.17. The van der Waals surface area contributed by atoms with E-state index < -0.39 is 28.2 Å². The Bertz CT molecular complexity index is 837. The Balaban J connectivity index is 2.00. The first kappa shape index (κ1) is 19.2. The summed E-state index contributed by atoms with van der Waals surface area (Å²) in [4.78, 5) is 13.7. The standard InChI is InChI=1S/C16H16ClFN2O4S/c1-2-24-11-6-8-12(9-7-11)25(22,23)20-19-16(21)10-13-14(17)4-3-5-15(13)18/h3-9,20H,2,10H2,1H3,(H,19,21). The summed E-state index contributed by atoms with van der Waals surface area (Å²) in [6, 6.07) is 9.70. The van der Waals surface area contributed by atoms with E-state index in [0.29, 0.717) is 12.4 Å². The minimum Gasteiger partial charge on any atom is -0.494 e. The van der Waals surface area contributed by atoms with E-state index in [0.717, 1.165) is 0 Å². The van der Waals surface area contributed by atoms with Crippen LogP contribution in [-0.2, 0) is 21.2 Å². The van der Waals surface area contributed by atoms with Crippen molar-refractivity contribution in [2.24, 2.45) is 0 Å². The molecule has 9 heteroatoms. The number of carbonyl (C=O) groups excluding carboxylic acids is 1. The number of nitrogens with one attached hydrogen (secondary N) is 2. The van der Waals surface area contributed by atoms with Crippen LogP contribution in [0, 0.1) is 5.82 Å². The fourth-order valence-corrected chi connectivity index (χ4v) is 3.06. The molecule has 0 aromatic heterocycles. The second-order valence-electron chi connectivity index (χ2n) is 4.94. The SMILES string of the molecule is CCOc1ccc(S(=O)(=O)NNC(=O)Cc2c(F)cccc2Cl)cc1. The number of ether oxygens (including phenoxy) is 1. The van der Waals surface area contributed by atoms with Crippen molar-refractivity contribution in [2.75, 3.05) is 6.61 Å². The Morgan fingerprint density at radius 3 is 2.48 bits per heavy atom. The van der Waals surface area contributed by atoms with Crippen molar-refractivity contribution in [2.45, 2.75) is 18.2 Å². The summed E-state index contributed by atoms with van der Waals surface area (Å²) in [5, 5.41) is 0.0875. The molecule has 0 aliphatic heterocycles. The number of hydrogen-bond acceptors (Lipinski definition) is 4. The molecule has 0 atom stereocenters. The monoisotopic (exact) mass is 386 g/mol. The average molecular weight is 387 g/mol. The van der Waals surface area contributed by atoms with Crippen LogP contribution in [0.25, 0.3) is 0 Å². The van der Waals surface area contributed by atoms with Crippen LogP contribution in [0.15, 0.2) is 47.4 Å². The van der Waals surface area contributed by atoms with Gasteiger partial charge in [-0.2, -0.15) is 0 Å². The van der Waals surface area contributed by atoms with Gasteiger partial charge in [0, 0.05) is 10.6 Å². The summed E-state index contributed by atoms with van der Waals surface area (Å²) in [6.45, 7) is 2.27. The van der Waals surface area contributed by atoms with Gasteiger partial charge in [0.1, 0.15) is 11.6 Å². The van der Waals surface area contributed by atoms with Gasteiger partial charge in [-0.25, -0.2) is 12.8 Å². The molecule has 0 bridgehead atoms. The molecule has 2 aromatic rings. The Kier molecular flexibility index (Phi) is 6.35. The topological polar surface area (TPSA) is 84.5 Å². The van der Waals surface area contributed by atoms with Crippen molar-refractivity contribution in [3.8, 4) is 5.75 Å². The molecule has 25 heavy (non-hydrogen) atoms. The highest BCUT2D eigenvalue weighted by molar-refractivity contribution is 7.89. The van der Waals surface area contributed by atoms with Crippen molar-refractivity contribution < 1.29 is 22.3 Å². The lowest BCUT2D eigenvalue weighted by atomic mass is 10.1. The van der Waals surface area contributed by atoms with Crippen molar-refractivity contribution in [1.82, 2.24) is 10.3 Å². The number of hydrazine groups is 1. The van der Waals surface area contributed by atoms with Crippen LogP contribution in [0.3, 0.4) is 0 Å². The van der Waals surface area contributed by atoms with Crippen molar-refractivity contribution >= 4 is 27.5 Å². The smallest absolute Gasteiger partial charge is 0.257 e. The summed E-state index contributed by atoms with van der Waals surface area (Å²) in [7, 11) is -3.96. The first-order valence-electron chi connectivity index (χ1n) is 7.30. The zero-order valence-electron chi connectivity index (χ0n) is 13.3. The lowest BCUT2D eigenvalue weighted by Gasteiger charge is -2.10. The molecular formula is C16H16ClFN2O4S. The molecule has 0 saturated heterocycles. The largest absolute Gasteiger partial charge is 0.494 e. The first-order valence-corrected chi connectivity index (χ1v) is 9.16. The minimum atomic E-state index is -3.96. The van der Waals surface area contributed by atoms with E-state index in [9.17, 15) is 17.6 Å². The predicted octanol–water partition coefficient (Wildman–Crippen LogP) is 2.43. The van der Waals surface area contributed by atoms with Crippen LogP contribution >= 0.6 is 11.6 Å². The number of amides is 1. The maximum atomic E-state index is 13.6. The van der Waals surface area contributed by atoms with Gasteiger partial charge in [0.05, 0.1) is 17.9 Å². The fraction of sp³-hybridized carbons (Fsp3) is 0.188. The quantitative estimate of drug-likeness (QED) is 0.716. The van der Waals surface area contributed by atoms with E-state index >= 15 is 0 Å². The van der Waals surface area contributed by atoms with Gasteiger partial charge in [-0.05, 0) is 43.3 Å². The number of halogens is 2. The van der Waals surface area contributed by atoms with Gasteiger partial charge < -0.3 is 4.74 Å². The van der Waals surface area contributed by atoms with E-state index in [1.54, 1.807) is 0 Å². The summed E-state index contributed by atoms with van der Waals surface area (Å²) in [5.74, 6) is -0.863. The summed E-state index contributed by atoms with van der Waals surface area (Å²) in [5.41, 5.74) is 2.02. The van der Waals surface area contributed by atoms with Gasteiger partial charge >= 0.3 is 0 Å². The first-order chi connectivity index (χ1) is 11.8. The van der Waals surface area contributed by atoms with E-state index in [1.807, 2.05) is 17.2 Å². The molecule has 6 nitrogen and oxygen atoms in total. The maximum absolute atomic E-state index is 13.6. The third kappa shape index (κ3) is 5.15. The van der Waals surface area contributed by atoms with Crippen LogP contribution in [0.5, 0.6) is 5.75 Å². The van der Waals surface area contributed by atoms with Gasteiger partial charge in [0.2, 0.25) is 5.91 Å². The average Bonchev–Trinajstić information content (AvgIpc) is 2.57. The summed E-state index contributed by atoms with van der Waals surface area (Å²) < 4.78 is 43.1. The molecule has 0 saturated carbocycles. The maximum Gasteiger partial charge on any atom is 0.257 e. The van der Waals surface area contributed by atoms with Gasteiger partial charge in [-0.1, -0.05) is 17.7 Å². The van der Waals surface area contributed by atoms with Crippen LogP contribution < -0.4 is 15.0 Å². The normalized spacial score (nSPS) is 11.2.